The van der Waals surface area contributed by atoms with Crippen LogP contribution in [0.1, 0.15) is 31.4 Å². The molecule has 1 aliphatic carbocycles. The molecule has 2 aliphatic rings. The predicted molar refractivity (Wildman–Crippen MR) is 91.5 cm³/mol. The maximum Gasteiger partial charge on any atom is 0.240 e. The highest BCUT2D eigenvalue weighted by molar-refractivity contribution is 7.13. The zero-order valence-electron chi connectivity index (χ0n) is 13.7. The Bertz CT molecular complexity index is 526. The fourth-order valence-corrected chi connectivity index (χ4v) is 3.74. The second-order valence-corrected chi connectivity index (χ2v) is 7.64. The van der Waals surface area contributed by atoms with E-state index < -0.39 is 0 Å². The van der Waals surface area contributed by atoms with Crippen LogP contribution < -0.4 is 5.32 Å². The van der Waals surface area contributed by atoms with Crippen molar-refractivity contribution >= 4 is 22.4 Å². The van der Waals surface area contributed by atoms with E-state index in [4.69, 9.17) is 0 Å². The fourth-order valence-electron chi connectivity index (χ4n) is 3.02. The maximum absolute atomic E-state index is 12.1. The van der Waals surface area contributed by atoms with Crippen molar-refractivity contribution in [1.29, 1.82) is 0 Å². The number of anilines is 1. The number of likely N-dealkylation sites (N-methyl/N-ethyl adjacent to an activating group) is 1. The van der Waals surface area contributed by atoms with Crippen LogP contribution in [0.25, 0.3) is 0 Å². The molecule has 2 heterocycles. The van der Waals surface area contributed by atoms with Gasteiger partial charge in [0.25, 0.3) is 0 Å². The number of hydrogen-bond donors (Lipinski definition) is 2. The van der Waals surface area contributed by atoms with Crippen LogP contribution in [0.4, 0.5) is 5.13 Å². The fraction of sp³-hybridized carbons (Fsp3) is 0.750. The topological polar surface area (TPSA) is 68.7 Å². The molecular weight excluding hydrogens is 312 g/mol. The molecule has 0 bridgehead atoms. The number of carbonyl (C=O) groups excluding carboxylic acids is 1. The highest BCUT2D eigenvalue weighted by atomic mass is 32.1. The molecule has 1 aromatic rings. The zero-order valence-corrected chi connectivity index (χ0v) is 14.5. The summed E-state index contributed by atoms with van der Waals surface area (Å²) >= 11 is 1.48. The molecule has 1 saturated heterocycles. The Hall–Kier alpha value is -1.02. The molecule has 1 aromatic heterocycles. The molecule has 1 aliphatic heterocycles. The van der Waals surface area contributed by atoms with Crippen LogP contribution in [0, 0.1) is 5.92 Å². The molecule has 23 heavy (non-hydrogen) atoms. The van der Waals surface area contributed by atoms with Gasteiger partial charge in [-0.1, -0.05) is 0 Å². The Morgan fingerprint density at radius 1 is 1.52 bits per heavy atom. The summed E-state index contributed by atoms with van der Waals surface area (Å²) in [5, 5.41) is 15.5. The van der Waals surface area contributed by atoms with Gasteiger partial charge in [-0.2, -0.15) is 0 Å². The number of amides is 1. The van der Waals surface area contributed by atoms with Gasteiger partial charge in [0.05, 0.1) is 18.3 Å². The van der Waals surface area contributed by atoms with E-state index in [1.54, 1.807) is 0 Å². The van der Waals surface area contributed by atoms with Crippen LogP contribution in [0.5, 0.6) is 0 Å². The van der Waals surface area contributed by atoms with Crippen molar-refractivity contribution in [2.75, 3.05) is 38.5 Å². The van der Waals surface area contributed by atoms with Crippen LogP contribution >= 0.6 is 11.3 Å². The summed E-state index contributed by atoms with van der Waals surface area (Å²) in [5.74, 6) is 0.366. The maximum atomic E-state index is 12.1. The third kappa shape index (κ3) is 5.24. The number of aliphatic hydroxyl groups excluding tert-OH is 1. The van der Waals surface area contributed by atoms with E-state index >= 15 is 0 Å². The lowest BCUT2D eigenvalue weighted by molar-refractivity contribution is -0.117. The standard InChI is InChI=1S/C16H26N4O2S/c1-19(9-14(21)12-4-5-12)10-15(22)18-16-17-13(11-23-16)8-20-6-2-3-7-20/h11-12,14,21H,2-10H2,1H3,(H,17,18,22). The van der Waals surface area contributed by atoms with E-state index in [0.29, 0.717) is 17.6 Å². The molecular formula is C16H26N4O2S. The number of thiazole rings is 1. The first-order chi connectivity index (χ1) is 11.1. The first-order valence-corrected chi connectivity index (χ1v) is 9.31. The van der Waals surface area contributed by atoms with Gasteiger partial charge in [-0.3, -0.25) is 14.6 Å². The second kappa shape index (κ2) is 7.70. The highest BCUT2D eigenvalue weighted by Gasteiger charge is 2.30. The van der Waals surface area contributed by atoms with E-state index in [9.17, 15) is 9.90 Å². The molecule has 1 amide bonds. The molecule has 1 unspecified atom stereocenters. The number of carbonyl (C=O) groups is 1. The number of nitrogens with zero attached hydrogens (tertiary/aromatic N) is 3. The SMILES string of the molecule is CN(CC(=O)Nc1nc(CN2CCCC2)cs1)CC(O)C1CC1. The average molecular weight is 338 g/mol. The normalized spacial score (nSPS) is 20.1. The van der Waals surface area contributed by atoms with Gasteiger partial charge in [0, 0.05) is 18.5 Å². The van der Waals surface area contributed by atoms with Gasteiger partial charge in [-0.15, -0.1) is 11.3 Å². The van der Waals surface area contributed by atoms with Crippen molar-refractivity contribution in [2.24, 2.45) is 5.92 Å². The lowest BCUT2D eigenvalue weighted by atomic mass is 10.2. The van der Waals surface area contributed by atoms with Crippen molar-refractivity contribution < 1.29 is 9.90 Å². The predicted octanol–water partition coefficient (Wildman–Crippen LogP) is 1.38. The van der Waals surface area contributed by atoms with Gasteiger partial charge in [0.1, 0.15) is 0 Å². The third-order valence-electron chi connectivity index (χ3n) is 4.46. The molecule has 1 atom stereocenters. The minimum atomic E-state index is -0.306. The summed E-state index contributed by atoms with van der Waals surface area (Å²) in [6.45, 7) is 4.00. The quantitative estimate of drug-likeness (QED) is 0.749. The number of nitrogens with one attached hydrogen (secondary N) is 1. The van der Waals surface area contributed by atoms with Crippen LogP contribution in [0.15, 0.2) is 5.38 Å². The number of aliphatic hydroxyl groups is 1. The lowest BCUT2D eigenvalue weighted by Crippen LogP contribution is -2.36. The van der Waals surface area contributed by atoms with Crippen molar-refractivity contribution in [3.8, 4) is 0 Å². The van der Waals surface area contributed by atoms with E-state index in [1.807, 2.05) is 17.3 Å². The minimum absolute atomic E-state index is 0.0717. The molecule has 6 nitrogen and oxygen atoms in total. The third-order valence-corrected chi connectivity index (χ3v) is 5.27. The van der Waals surface area contributed by atoms with Gasteiger partial charge in [0.15, 0.2) is 5.13 Å². The first-order valence-electron chi connectivity index (χ1n) is 8.43. The van der Waals surface area contributed by atoms with E-state index in [2.05, 4.69) is 15.2 Å². The van der Waals surface area contributed by atoms with Crippen LogP contribution in [0.2, 0.25) is 0 Å². The Morgan fingerprint density at radius 3 is 2.96 bits per heavy atom. The molecule has 2 fully saturated rings. The number of hydrogen-bond acceptors (Lipinski definition) is 6. The molecule has 0 aromatic carbocycles. The van der Waals surface area contributed by atoms with Crippen molar-refractivity contribution in [3.05, 3.63) is 11.1 Å². The van der Waals surface area contributed by atoms with Crippen molar-refractivity contribution in [3.63, 3.8) is 0 Å². The summed E-state index contributed by atoms with van der Waals surface area (Å²) in [6, 6.07) is 0. The largest absolute Gasteiger partial charge is 0.392 e. The number of aromatic nitrogens is 1. The molecule has 0 spiro atoms. The number of likely N-dealkylation sites (tertiary alicyclic amines) is 1. The Morgan fingerprint density at radius 2 is 2.26 bits per heavy atom. The van der Waals surface area contributed by atoms with E-state index in [0.717, 1.165) is 38.2 Å². The first kappa shape index (κ1) is 16.8. The molecule has 2 N–H and O–H groups in total. The summed E-state index contributed by atoms with van der Waals surface area (Å²) in [7, 11) is 1.87. The van der Waals surface area contributed by atoms with Crippen molar-refractivity contribution in [2.45, 2.75) is 38.3 Å². The van der Waals surface area contributed by atoms with Gasteiger partial charge < -0.3 is 10.4 Å². The summed E-state index contributed by atoms with van der Waals surface area (Å²) in [6.07, 6.45) is 4.46. The van der Waals surface area contributed by atoms with Crippen LogP contribution in [-0.2, 0) is 11.3 Å². The van der Waals surface area contributed by atoms with Gasteiger partial charge in [-0.25, -0.2) is 4.98 Å². The monoisotopic (exact) mass is 338 g/mol. The number of rotatable bonds is 8. The average Bonchev–Trinajstić information content (AvgIpc) is 3.07. The molecule has 1 saturated carbocycles. The highest BCUT2D eigenvalue weighted by Crippen LogP contribution is 2.32. The molecule has 7 heteroatoms. The summed E-state index contributed by atoms with van der Waals surface area (Å²) in [4.78, 5) is 20.8. The minimum Gasteiger partial charge on any atom is -0.392 e. The van der Waals surface area contributed by atoms with Gasteiger partial charge in [-0.05, 0) is 51.7 Å². The Kier molecular flexibility index (Phi) is 5.63. The van der Waals surface area contributed by atoms with Gasteiger partial charge in [0.2, 0.25) is 5.91 Å². The van der Waals surface area contributed by atoms with E-state index in [-0.39, 0.29) is 18.6 Å². The van der Waals surface area contributed by atoms with E-state index in [1.165, 1.54) is 24.2 Å². The Labute approximate surface area is 141 Å². The second-order valence-electron chi connectivity index (χ2n) is 6.78. The van der Waals surface area contributed by atoms with Crippen LogP contribution in [0.3, 0.4) is 0 Å². The smallest absolute Gasteiger partial charge is 0.240 e. The van der Waals surface area contributed by atoms with Crippen molar-refractivity contribution in [1.82, 2.24) is 14.8 Å². The summed E-state index contributed by atoms with van der Waals surface area (Å²) < 4.78 is 0. The van der Waals surface area contributed by atoms with Crippen LogP contribution in [-0.4, -0.2) is 65.1 Å². The zero-order chi connectivity index (χ0) is 16.2. The molecule has 128 valence electrons. The molecule has 0 radical (unpaired) electrons. The summed E-state index contributed by atoms with van der Waals surface area (Å²) in [5.41, 5.74) is 1.03. The lowest BCUT2D eigenvalue weighted by Gasteiger charge is -2.19. The Balaban J connectivity index is 1.41. The van der Waals surface area contributed by atoms with Gasteiger partial charge >= 0.3 is 0 Å². The molecule has 3 rings (SSSR count).